The van der Waals surface area contributed by atoms with Gasteiger partial charge < -0.3 is 10.1 Å². The van der Waals surface area contributed by atoms with Gasteiger partial charge in [-0.3, -0.25) is 4.79 Å². The summed E-state index contributed by atoms with van der Waals surface area (Å²) in [5, 5.41) is 5.23. The molecular weight excluding hydrogens is 372 g/mol. The standard InChI is InChI=1S/C22H22N2O3S/c1-13-10-14(2)19(15(3)11-13)24-20(25)16(4)27-22(26)18-12-28-21(23-18)17-8-6-5-7-9-17/h5-12,16H,1-4H3,(H,24,25)/t16-/m1/s1. The van der Waals surface area contributed by atoms with Crippen molar-refractivity contribution in [3.05, 3.63) is 70.2 Å². The Morgan fingerprint density at radius 2 is 1.71 bits per heavy atom. The Morgan fingerprint density at radius 1 is 1.07 bits per heavy atom. The topological polar surface area (TPSA) is 68.3 Å². The van der Waals surface area contributed by atoms with Gasteiger partial charge in [0.15, 0.2) is 11.8 Å². The zero-order valence-corrected chi connectivity index (χ0v) is 17.1. The first-order valence-corrected chi connectivity index (χ1v) is 9.83. The molecule has 1 atom stereocenters. The number of amides is 1. The van der Waals surface area contributed by atoms with Gasteiger partial charge in [-0.2, -0.15) is 0 Å². The zero-order valence-electron chi connectivity index (χ0n) is 16.3. The Bertz CT molecular complexity index is 989. The van der Waals surface area contributed by atoms with E-state index in [0.29, 0.717) is 0 Å². The van der Waals surface area contributed by atoms with Crippen molar-refractivity contribution < 1.29 is 14.3 Å². The molecule has 1 amide bonds. The third-order valence-electron chi connectivity index (χ3n) is 4.31. The molecule has 0 aliphatic carbocycles. The van der Waals surface area contributed by atoms with Gasteiger partial charge in [0.25, 0.3) is 5.91 Å². The lowest BCUT2D eigenvalue weighted by atomic mass is 10.0. The molecule has 1 aromatic heterocycles. The smallest absolute Gasteiger partial charge is 0.358 e. The minimum absolute atomic E-state index is 0.200. The average Bonchev–Trinajstić information content (AvgIpc) is 3.15. The minimum atomic E-state index is -0.936. The number of nitrogens with zero attached hydrogens (tertiary/aromatic N) is 1. The quantitative estimate of drug-likeness (QED) is 0.624. The molecule has 0 aliphatic rings. The molecule has 1 heterocycles. The molecule has 0 spiro atoms. The van der Waals surface area contributed by atoms with Gasteiger partial charge in [0, 0.05) is 16.6 Å². The number of anilines is 1. The van der Waals surface area contributed by atoms with Gasteiger partial charge in [-0.1, -0.05) is 48.0 Å². The molecule has 3 rings (SSSR count). The molecule has 0 fully saturated rings. The van der Waals surface area contributed by atoms with Crippen molar-refractivity contribution in [2.45, 2.75) is 33.8 Å². The van der Waals surface area contributed by atoms with Gasteiger partial charge in [0.05, 0.1) is 0 Å². The van der Waals surface area contributed by atoms with Crippen molar-refractivity contribution in [3.8, 4) is 10.6 Å². The van der Waals surface area contributed by atoms with Crippen LogP contribution >= 0.6 is 11.3 Å². The molecule has 0 saturated heterocycles. The summed E-state index contributed by atoms with van der Waals surface area (Å²) in [6, 6.07) is 13.6. The Hall–Kier alpha value is -2.99. The van der Waals surface area contributed by atoms with Gasteiger partial charge in [-0.05, 0) is 38.8 Å². The van der Waals surface area contributed by atoms with Gasteiger partial charge in [-0.25, -0.2) is 9.78 Å². The number of nitrogens with one attached hydrogen (secondary N) is 1. The second kappa shape index (κ2) is 8.35. The monoisotopic (exact) mass is 394 g/mol. The fourth-order valence-electron chi connectivity index (χ4n) is 2.96. The Morgan fingerprint density at radius 3 is 2.36 bits per heavy atom. The molecule has 6 heteroatoms. The van der Waals surface area contributed by atoms with Gasteiger partial charge >= 0.3 is 5.97 Å². The molecule has 0 bridgehead atoms. The molecule has 1 N–H and O–H groups in total. The van der Waals surface area contributed by atoms with E-state index in [1.54, 1.807) is 12.3 Å². The largest absolute Gasteiger partial charge is 0.448 e. The maximum absolute atomic E-state index is 12.5. The van der Waals surface area contributed by atoms with E-state index >= 15 is 0 Å². The Kier molecular flexibility index (Phi) is 5.90. The number of benzene rings is 2. The summed E-state index contributed by atoms with van der Waals surface area (Å²) in [4.78, 5) is 29.2. The summed E-state index contributed by atoms with van der Waals surface area (Å²) in [6.45, 7) is 7.43. The van der Waals surface area contributed by atoms with Crippen LogP contribution in [-0.4, -0.2) is 23.0 Å². The van der Waals surface area contributed by atoms with Gasteiger partial charge in [0.2, 0.25) is 0 Å². The first-order valence-electron chi connectivity index (χ1n) is 8.96. The van der Waals surface area contributed by atoms with E-state index in [-0.39, 0.29) is 11.6 Å². The van der Waals surface area contributed by atoms with Gasteiger partial charge in [0.1, 0.15) is 5.01 Å². The van der Waals surface area contributed by atoms with Crippen LogP contribution in [0.1, 0.15) is 34.1 Å². The van der Waals surface area contributed by atoms with Crippen LogP contribution in [0, 0.1) is 20.8 Å². The predicted octanol–water partition coefficient (Wildman–Crippen LogP) is 4.92. The summed E-state index contributed by atoms with van der Waals surface area (Å²) in [6.07, 6.45) is -0.936. The number of aryl methyl sites for hydroxylation is 3. The SMILES string of the molecule is Cc1cc(C)c(NC(=O)[C@@H](C)OC(=O)c2csc(-c3ccccc3)n2)c(C)c1. The molecule has 0 aliphatic heterocycles. The van der Waals surface area contributed by atoms with Crippen LogP contribution in [0.15, 0.2) is 47.8 Å². The van der Waals surface area contributed by atoms with Crippen molar-refractivity contribution in [1.82, 2.24) is 4.98 Å². The molecule has 28 heavy (non-hydrogen) atoms. The highest BCUT2D eigenvalue weighted by atomic mass is 32.1. The molecule has 2 aromatic carbocycles. The molecule has 0 radical (unpaired) electrons. The third kappa shape index (κ3) is 4.46. The second-order valence-electron chi connectivity index (χ2n) is 6.71. The summed E-state index contributed by atoms with van der Waals surface area (Å²) in [5.74, 6) is -0.986. The first kappa shape index (κ1) is 19.8. The average molecular weight is 394 g/mol. The fraction of sp³-hybridized carbons (Fsp3) is 0.227. The maximum Gasteiger partial charge on any atom is 0.358 e. The molecule has 0 saturated carbocycles. The van der Waals surface area contributed by atoms with E-state index in [4.69, 9.17) is 4.74 Å². The number of esters is 1. The van der Waals surface area contributed by atoms with E-state index in [0.717, 1.165) is 32.9 Å². The van der Waals surface area contributed by atoms with Crippen molar-refractivity contribution >= 4 is 28.9 Å². The van der Waals surface area contributed by atoms with E-state index in [1.165, 1.54) is 11.3 Å². The predicted molar refractivity (Wildman–Crippen MR) is 112 cm³/mol. The van der Waals surface area contributed by atoms with Crippen molar-refractivity contribution in [1.29, 1.82) is 0 Å². The Labute approximate surface area is 168 Å². The zero-order chi connectivity index (χ0) is 20.3. The van der Waals surface area contributed by atoms with Crippen LogP contribution in [0.3, 0.4) is 0 Å². The van der Waals surface area contributed by atoms with Crippen LogP contribution in [0.2, 0.25) is 0 Å². The second-order valence-corrected chi connectivity index (χ2v) is 7.57. The number of ether oxygens (including phenoxy) is 1. The molecular formula is C22H22N2O3S. The van der Waals surface area contributed by atoms with Crippen LogP contribution in [0.25, 0.3) is 10.6 Å². The van der Waals surface area contributed by atoms with Crippen LogP contribution < -0.4 is 5.32 Å². The number of thiazole rings is 1. The molecule has 144 valence electrons. The summed E-state index contributed by atoms with van der Waals surface area (Å²) >= 11 is 1.36. The van der Waals surface area contributed by atoms with E-state index in [1.807, 2.05) is 63.2 Å². The number of carbonyl (C=O) groups is 2. The van der Waals surface area contributed by atoms with E-state index < -0.39 is 12.1 Å². The summed E-state index contributed by atoms with van der Waals surface area (Å²) < 4.78 is 5.32. The number of carbonyl (C=O) groups excluding carboxylic acids is 2. The number of aromatic nitrogens is 1. The van der Waals surface area contributed by atoms with Gasteiger partial charge in [-0.15, -0.1) is 11.3 Å². The summed E-state index contributed by atoms with van der Waals surface area (Å²) in [5.41, 5.74) is 4.95. The highest BCUT2D eigenvalue weighted by molar-refractivity contribution is 7.13. The Balaban J connectivity index is 1.66. The molecule has 3 aromatic rings. The molecule has 0 unspecified atom stereocenters. The van der Waals surface area contributed by atoms with Crippen LogP contribution in [0.4, 0.5) is 5.69 Å². The highest BCUT2D eigenvalue weighted by Gasteiger charge is 2.22. The molecule has 5 nitrogen and oxygen atoms in total. The van der Waals surface area contributed by atoms with Crippen LogP contribution in [0.5, 0.6) is 0 Å². The minimum Gasteiger partial charge on any atom is -0.448 e. The fourth-order valence-corrected chi connectivity index (χ4v) is 3.75. The van der Waals surface area contributed by atoms with Crippen molar-refractivity contribution in [2.75, 3.05) is 5.32 Å². The summed E-state index contributed by atoms with van der Waals surface area (Å²) in [7, 11) is 0. The van der Waals surface area contributed by atoms with E-state index in [9.17, 15) is 9.59 Å². The lowest BCUT2D eigenvalue weighted by Gasteiger charge is -2.16. The lowest BCUT2D eigenvalue weighted by Crippen LogP contribution is -2.30. The van der Waals surface area contributed by atoms with Crippen molar-refractivity contribution in [3.63, 3.8) is 0 Å². The van der Waals surface area contributed by atoms with E-state index in [2.05, 4.69) is 10.3 Å². The lowest BCUT2D eigenvalue weighted by molar-refractivity contribution is -0.123. The normalized spacial score (nSPS) is 11.7. The first-order chi connectivity index (χ1) is 13.3. The third-order valence-corrected chi connectivity index (χ3v) is 5.20. The highest BCUT2D eigenvalue weighted by Crippen LogP contribution is 2.24. The maximum atomic E-state index is 12.5. The number of hydrogen-bond acceptors (Lipinski definition) is 5. The number of rotatable bonds is 5. The van der Waals surface area contributed by atoms with Crippen molar-refractivity contribution in [2.24, 2.45) is 0 Å². The van der Waals surface area contributed by atoms with Crippen LogP contribution in [-0.2, 0) is 9.53 Å². The number of hydrogen-bond donors (Lipinski definition) is 1.